The summed E-state index contributed by atoms with van der Waals surface area (Å²) in [5, 5.41) is 14.0. The molecule has 0 saturated heterocycles. The molecule has 7 nitrogen and oxygen atoms in total. The van der Waals surface area contributed by atoms with Crippen LogP contribution in [0.15, 0.2) is 55.0 Å². The first-order valence-corrected chi connectivity index (χ1v) is 8.68. The highest BCUT2D eigenvalue weighted by molar-refractivity contribution is 6.03. The van der Waals surface area contributed by atoms with E-state index >= 15 is 0 Å². The van der Waals surface area contributed by atoms with Gasteiger partial charge in [0.25, 0.3) is 5.91 Å². The van der Waals surface area contributed by atoms with E-state index in [4.69, 9.17) is 0 Å². The predicted molar refractivity (Wildman–Crippen MR) is 104 cm³/mol. The number of hydrogen-bond donors (Lipinski definition) is 2. The summed E-state index contributed by atoms with van der Waals surface area (Å²) < 4.78 is 1.64. The molecule has 136 valence electrons. The summed E-state index contributed by atoms with van der Waals surface area (Å²) in [6.07, 6.45) is 5.17. The van der Waals surface area contributed by atoms with Crippen molar-refractivity contribution in [2.45, 2.75) is 26.2 Å². The van der Waals surface area contributed by atoms with Crippen LogP contribution in [-0.2, 0) is 5.41 Å². The first kappa shape index (κ1) is 17.0. The molecule has 0 saturated carbocycles. The molecule has 0 spiro atoms. The molecule has 4 rings (SSSR count). The summed E-state index contributed by atoms with van der Waals surface area (Å²) >= 11 is 0. The fourth-order valence-electron chi connectivity index (χ4n) is 2.80. The molecule has 27 heavy (non-hydrogen) atoms. The van der Waals surface area contributed by atoms with Crippen LogP contribution in [0.4, 0.5) is 5.82 Å². The zero-order valence-electron chi connectivity index (χ0n) is 15.4. The smallest absolute Gasteiger partial charge is 0.256 e. The molecule has 0 aliphatic rings. The topological polar surface area (TPSA) is 88.0 Å². The number of benzene rings is 1. The number of carbonyl (C=O) groups is 1. The van der Waals surface area contributed by atoms with Gasteiger partial charge in [-0.15, -0.1) is 0 Å². The molecule has 0 unspecified atom stereocenters. The Kier molecular flexibility index (Phi) is 3.99. The highest BCUT2D eigenvalue weighted by Crippen LogP contribution is 2.22. The number of nitrogens with zero attached hydrogens (tertiary/aromatic N) is 4. The summed E-state index contributed by atoms with van der Waals surface area (Å²) in [4.78, 5) is 16.9. The van der Waals surface area contributed by atoms with Crippen LogP contribution in [0.1, 0.15) is 36.7 Å². The summed E-state index contributed by atoms with van der Waals surface area (Å²) in [5.41, 5.74) is 4.13. The molecule has 0 aliphatic carbocycles. The fourth-order valence-corrected chi connectivity index (χ4v) is 2.80. The minimum absolute atomic E-state index is 0.0506. The number of imidazole rings is 1. The van der Waals surface area contributed by atoms with Crippen LogP contribution in [0.3, 0.4) is 0 Å². The zero-order chi connectivity index (χ0) is 19.0. The van der Waals surface area contributed by atoms with Gasteiger partial charge in [0.15, 0.2) is 11.5 Å². The Balaban J connectivity index is 1.55. The molecule has 3 heterocycles. The van der Waals surface area contributed by atoms with Crippen molar-refractivity contribution in [3.05, 3.63) is 66.1 Å². The van der Waals surface area contributed by atoms with E-state index in [1.165, 1.54) is 5.56 Å². The van der Waals surface area contributed by atoms with Crippen molar-refractivity contribution in [3.63, 3.8) is 0 Å². The first-order chi connectivity index (χ1) is 12.9. The molecule has 1 amide bonds. The number of hydrogen-bond acceptors (Lipinski definition) is 4. The molecule has 0 atom stereocenters. The number of fused-ring (bicyclic) bond motifs is 1. The van der Waals surface area contributed by atoms with E-state index in [-0.39, 0.29) is 11.3 Å². The number of rotatable bonds is 3. The van der Waals surface area contributed by atoms with Gasteiger partial charge in [0, 0.05) is 17.3 Å². The maximum Gasteiger partial charge on any atom is 0.256 e. The maximum absolute atomic E-state index is 12.5. The summed E-state index contributed by atoms with van der Waals surface area (Å²) in [6, 6.07) is 11.4. The van der Waals surface area contributed by atoms with Crippen molar-refractivity contribution in [1.82, 2.24) is 24.8 Å². The molecule has 7 heteroatoms. The van der Waals surface area contributed by atoms with Crippen LogP contribution in [-0.4, -0.2) is 30.7 Å². The minimum Gasteiger partial charge on any atom is -0.305 e. The van der Waals surface area contributed by atoms with Crippen LogP contribution in [0.5, 0.6) is 0 Å². The van der Waals surface area contributed by atoms with Gasteiger partial charge >= 0.3 is 0 Å². The number of amides is 1. The van der Waals surface area contributed by atoms with Crippen molar-refractivity contribution >= 4 is 17.4 Å². The Hall–Kier alpha value is -3.48. The molecule has 0 radical (unpaired) electrons. The Labute approximate surface area is 156 Å². The molecule has 0 bridgehead atoms. The quantitative estimate of drug-likeness (QED) is 0.583. The van der Waals surface area contributed by atoms with Crippen LogP contribution in [0.2, 0.25) is 0 Å². The van der Waals surface area contributed by atoms with E-state index in [2.05, 4.69) is 46.4 Å². The SMILES string of the molecule is CC(C)(C)c1ccc(C(=O)Nc2cn3nc(-c4cn[nH]c4)ccc3n2)cc1. The maximum atomic E-state index is 12.5. The highest BCUT2D eigenvalue weighted by Gasteiger charge is 2.15. The summed E-state index contributed by atoms with van der Waals surface area (Å²) in [5.74, 6) is 0.255. The van der Waals surface area contributed by atoms with Gasteiger partial charge in [0.2, 0.25) is 0 Å². The third-order valence-electron chi connectivity index (χ3n) is 4.37. The van der Waals surface area contributed by atoms with E-state index in [1.807, 2.05) is 36.4 Å². The van der Waals surface area contributed by atoms with Crippen molar-refractivity contribution in [1.29, 1.82) is 0 Å². The number of carbonyl (C=O) groups excluding carboxylic acids is 1. The highest BCUT2D eigenvalue weighted by atomic mass is 16.1. The number of H-pyrrole nitrogens is 1. The average molecular weight is 360 g/mol. The lowest BCUT2D eigenvalue weighted by Crippen LogP contribution is -2.14. The van der Waals surface area contributed by atoms with Gasteiger partial charge in [-0.05, 0) is 35.2 Å². The number of aromatic nitrogens is 5. The first-order valence-electron chi connectivity index (χ1n) is 8.68. The second kappa shape index (κ2) is 6.35. The molecule has 0 aliphatic heterocycles. The Morgan fingerprint density at radius 2 is 1.89 bits per heavy atom. The minimum atomic E-state index is -0.200. The van der Waals surface area contributed by atoms with Crippen molar-refractivity contribution in [2.24, 2.45) is 0 Å². The predicted octanol–water partition coefficient (Wildman–Crippen LogP) is 3.67. The van der Waals surface area contributed by atoms with Crippen LogP contribution >= 0.6 is 0 Å². The second-order valence-electron chi connectivity index (χ2n) is 7.42. The number of anilines is 1. The lowest BCUT2D eigenvalue weighted by molar-refractivity contribution is 0.102. The molecule has 2 N–H and O–H groups in total. The van der Waals surface area contributed by atoms with Gasteiger partial charge in [-0.25, -0.2) is 9.50 Å². The van der Waals surface area contributed by atoms with Crippen molar-refractivity contribution in [3.8, 4) is 11.3 Å². The van der Waals surface area contributed by atoms with Crippen LogP contribution in [0.25, 0.3) is 16.9 Å². The van der Waals surface area contributed by atoms with E-state index in [1.54, 1.807) is 23.1 Å². The third-order valence-corrected chi connectivity index (χ3v) is 4.37. The average Bonchev–Trinajstić information content (AvgIpc) is 3.29. The summed E-state index contributed by atoms with van der Waals surface area (Å²) in [6.45, 7) is 6.43. The fraction of sp³-hybridized carbons (Fsp3) is 0.200. The van der Waals surface area contributed by atoms with Crippen molar-refractivity contribution in [2.75, 3.05) is 5.32 Å². The lowest BCUT2D eigenvalue weighted by Gasteiger charge is -2.18. The molecule has 3 aromatic heterocycles. The van der Waals surface area contributed by atoms with E-state index in [0.29, 0.717) is 17.0 Å². The van der Waals surface area contributed by atoms with Gasteiger partial charge in [-0.1, -0.05) is 32.9 Å². The molecule has 1 aromatic carbocycles. The Morgan fingerprint density at radius 1 is 1.11 bits per heavy atom. The van der Waals surface area contributed by atoms with E-state index in [9.17, 15) is 4.79 Å². The molecule has 0 fully saturated rings. The number of nitrogens with one attached hydrogen (secondary N) is 2. The van der Waals surface area contributed by atoms with Crippen LogP contribution < -0.4 is 5.32 Å². The van der Waals surface area contributed by atoms with Gasteiger partial charge in [-0.2, -0.15) is 10.2 Å². The summed E-state index contributed by atoms with van der Waals surface area (Å²) in [7, 11) is 0. The van der Waals surface area contributed by atoms with Gasteiger partial charge in [0.05, 0.1) is 18.1 Å². The van der Waals surface area contributed by atoms with Crippen LogP contribution in [0, 0.1) is 0 Å². The molecular weight excluding hydrogens is 340 g/mol. The van der Waals surface area contributed by atoms with E-state index < -0.39 is 0 Å². The van der Waals surface area contributed by atoms with E-state index in [0.717, 1.165) is 11.3 Å². The second-order valence-corrected chi connectivity index (χ2v) is 7.42. The van der Waals surface area contributed by atoms with Crippen molar-refractivity contribution < 1.29 is 4.79 Å². The van der Waals surface area contributed by atoms with Gasteiger partial charge in [-0.3, -0.25) is 9.89 Å². The lowest BCUT2D eigenvalue weighted by atomic mass is 9.87. The number of aromatic amines is 1. The molecule has 4 aromatic rings. The monoisotopic (exact) mass is 360 g/mol. The van der Waals surface area contributed by atoms with Gasteiger partial charge < -0.3 is 5.32 Å². The molecular formula is C20H20N6O. The standard InChI is InChI=1S/C20H20N6O/c1-20(2,3)15-6-4-13(5-7-15)19(27)24-17-12-26-18(23-17)9-8-16(25-26)14-10-21-22-11-14/h4-12H,1-3H3,(H,21,22)(H,24,27). The normalized spacial score (nSPS) is 11.7. The Bertz CT molecular complexity index is 1090. The van der Waals surface area contributed by atoms with Gasteiger partial charge in [0.1, 0.15) is 0 Å². The zero-order valence-corrected chi connectivity index (χ0v) is 15.4. The third kappa shape index (κ3) is 3.44. The largest absolute Gasteiger partial charge is 0.305 e. The Morgan fingerprint density at radius 3 is 2.56 bits per heavy atom.